The van der Waals surface area contributed by atoms with Gasteiger partial charge in [0.05, 0.1) is 5.92 Å². The molecule has 0 aliphatic heterocycles. The van der Waals surface area contributed by atoms with Crippen molar-refractivity contribution < 1.29 is 24.2 Å². The number of hydrogen-bond acceptors (Lipinski definition) is 4. The van der Waals surface area contributed by atoms with Gasteiger partial charge in [-0.1, -0.05) is 61.9 Å². The summed E-state index contributed by atoms with van der Waals surface area (Å²) < 4.78 is 5.54. The number of carbonyl (C=O) groups is 3. The Morgan fingerprint density at radius 2 is 1.66 bits per heavy atom. The first-order valence-corrected chi connectivity index (χ1v) is 11.1. The van der Waals surface area contributed by atoms with Crippen molar-refractivity contribution >= 4 is 18.0 Å². The normalized spacial score (nSPS) is 16.4. The van der Waals surface area contributed by atoms with E-state index in [0.717, 1.165) is 28.7 Å². The molecule has 0 aromatic heterocycles. The van der Waals surface area contributed by atoms with Crippen LogP contribution in [-0.4, -0.2) is 41.8 Å². The van der Waals surface area contributed by atoms with Crippen molar-refractivity contribution in [2.75, 3.05) is 13.2 Å². The van der Waals surface area contributed by atoms with Gasteiger partial charge in [0, 0.05) is 12.5 Å². The Bertz CT molecular complexity index is 985. The molecule has 168 valence electrons. The third-order valence-electron chi connectivity index (χ3n) is 6.37. The van der Waals surface area contributed by atoms with Crippen molar-refractivity contribution in [1.82, 2.24) is 10.6 Å². The Morgan fingerprint density at radius 1 is 1.06 bits per heavy atom. The van der Waals surface area contributed by atoms with E-state index in [2.05, 4.69) is 22.8 Å². The van der Waals surface area contributed by atoms with E-state index in [9.17, 15) is 19.5 Å². The van der Waals surface area contributed by atoms with E-state index in [4.69, 9.17) is 4.74 Å². The van der Waals surface area contributed by atoms with E-state index in [-0.39, 0.29) is 25.0 Å². The zero-order valence-corrected chi connectivity index (χ0v) is 18.1. The van der Waals surface area contributed by atoms with Crippen LogP contribution in [-0.2, 0) is 14.3 Å². The van der Waals surface area contributed by atoms with E-state index in [1.807, 2.05) is 43.3 Å². The van der Waals surface area contributed by atoms with Crippen molar-refractivity contribution in [3.8, 4) is 11.1 Å². The molecule has 7 nitrogen and oxygen atoms in total. The van der Waals surface area contributed by atoms with E-state index in [1.54, 1.807) is 0 Å². The smallest absolute Gasteiger partial charge is 0.408 e. The third-order valence-corrected chi connectivity index (χ3v) is 6.37. The molecule has 2 aromatic carbocycles. The van der Waals surface area contributed by atoms with E-state index < -0.39 is 23.5 Å². The van der Waals surface area contributed by atoms with Gasteiger partial charge in [0.15, 0.2) is 0 Å². The highest BCUT2D eigenvalue weighted by Gasteiger charge is 2.51. The fourth-order valence-electron chi connectivity index (χ4n) is 4.41. The summed E-state index contributed by atoms with van der Waals surface area (Å²) in [4.78, 5) is 36.4. The first-order chi connectivity index (χ1) is 15.4. The molecule has 2 aliphatic carbocycles. The number of carbonyl (C=O) groups excluding carboxylic acids is 2. The molecule has 3 N–H and O–H groups in total. The van der Waals surface area contributed by atoms with Gasteiger partial charge in [0.2, 0.25) is 5.91 Å². The van der Waals surface area contributed by atoms with Gasteiger partial charge < -0.3 is 20.5 Å². The van der Waals surface area contributed by atoms with Gasteiger partial charge in [-0.05, 0) is 41.5 Å². The zero-order valence-electron chi connectivity index (χ0n) is 18.1. The average Bonchev–Trinajstić information content (AvgIpc) is 3.50. The fraction of sp³-hybridized carbons (Fsp3) is 0.400. The molecular weight excluding hydrogens is 408 g/mol. The van der Waals surface area contributed by atoms with Gasteiger partial charge in [0.1, 0.15) is 12.1 Å². The fourth-order valence-corrected chi connectivity index (χ4v) is 4.41. The van der Waals surface area contributed by atoms with Gasteiger partial charge in [-0.15, -0.1) is 0 Å². The maximum absolute atomic E-state index is 12.6. The molecule has 0 heterocycles. The summed E-state index contributed by atoms with van der Waals surface area (Å²) in [6.07, 6.45) is 1.59. The molecule has 1 unspecified atom stereocenters. The number of benzene rings is 2. The predicted molar refractivity (Wildman–Crippen MR) is 119 cm³/mol. The number of amides is 2. The lowest BCUT2D eigenvalue weighted by Gasteiger charge is -2.20. The number of aliphatic carboxylic acids is 1. The summed E-state index contributed by atoms with van der Waals surface area (Å²) in [6, 6.07) is 16.2. The SMILES string of the molecule is CCCC(CNC(=O)C1(NC(=O)OCC2c3ccccc3-c3ccccc32)CC1)C(=O)O. The van der Waals surface area contributed by atoms with Crippen LogP contribution < -0.4 is 10.6 Å². The summed E-state index contributed by atoms with van der Waals surface area (Å²) in [5.41, 5.74) is 3.54. The summed E-state index contributed by atoms with van der Waals surface area (Å²) in [5, 5.41) is 14.6. The number of fused-ring (bicyclic) bond motifs is 3. The number of rotatable bonds is 9. The first kappa shape index (κ1) is 21.9. The highest BCUT2D eigenvalue weighted by atomic mass is 16.5. The second-order valence-electron chi connectivity index (χ2n) is 8.57. The number of ether oxygens (including phenoxy) is 1. The van der Waals surface area contributed by atoms with Crippen LogP contribution in [0, 0.1) is 5.92 Å². The monoisotopic (exact) mass is 436 g/mol. The van der Waals surface area contributed by atoms with Crippen LogP contribution in [0.2, 0.25) is 0 Å². The molecule has 0 radical (unpaired) electrons. The molecule has 1 atom stereocenters. The van der Waals surface area contributed by atoms with Gasteiger partial charge in [0.25, 0.3) is 0 Å². The molecule has 0 saturated heterocycles. The van der Waals surface area contributed by atoms with Crippen molar-refractivity contribution in [3.05, 3.63) is 59.7 Å². The lowest BCUT2D eigenvalue weighted by molar-refractivity contribution is -0.142. The average molecular weight is 437 g/mol. The van der Waals surface area contributed by atoms with Gasteiger partial charge in [-0.25, -0.2) is 4.79 Å². The minimum atomic E-state index is -1.00. The highest BCUT2D eigenvalue weighted by Crippen LogP contribution is 2.44. The second-order valence-corrected chi connectivity index (χ2v) is 8.57. The van der Waals surface area contributed by atoms with Crippen LogP contribution in [0.1, 0.15) is 49.7 Å². The van der Waals surface area contributed by atoms with E-state index >= 15 is 0 Å². The largest absolute Gasteiger partial charge is 0.481 e. The molecule has 0 bridgehead atoms. The Hall–Kier alpha value is -3.35. The number of carboxylic acid groups (broad SMARTS) is 1. The van der Waals surface area contributed by atoms with Crippen LogP contribution in [0.15, 0.2) is 48.5 Å². The van der Waals surface area contributed by atoms with Crippen LogP contribution in [0.3, 0.4) is 0 Å². The van der Waals surface area contributed by atoms with E-state index in [1.165, 1.54) is 0 Å². The molecule has 4 rings (SSSR count). The standard InChI is InChI=1S/C25H28N2O5/c1-2-7-16(22(28)29)14-26-23(30)25(12-13-25)27-24(31)32-15-21-19-10-5-3-8-17(19)18-9-4-6-11-20(18)21/h3-6,8-11,16,21H,2,7,12-15H2,1H3,(H,26,30)(H,27,31)(H,28,29). The first-order valence-electron chi connectivity index (χ1n) is 11.1. The van der Waals surface area contributed by atoms with Crippen LogP contribution in [0.25, 0.3) is 11.1 Å². The summed E-state index contributed by atoms with van der Waals surface area (Å²) >= 11 is 0. The zero-order chi connectivity index (χ0) is 22.7. The number of alkyl carbamates (subject to hydrolysis) is 1. The molecular formula is C25H28N2O5. The Labute approximate surface area is 187 Å². The predicted octanol–water partition coefficient (Wildman–Crippen LogP) is 3.67. The third kappa shape index (κ3) is 4.33. The van der Waals surface area contributed by atoms with Crippen LogP contribution >= 0.6 is 0 Å². The number of hydrogen-bond donors (Lipinski definition) is 3. The molecule has 2 aliphatic rings. The molecule has 2 aromatic rings. The molecule has 0 spiro atoms. The Balaban J connectivity index is 1.34. The molecule has 32 heavy (non-hydrogen) atoms. The van der Waals surface area contributed by atoms with Gasteiger partial charge >= 0.3 is 12.1 Å². The lowest BCUT2D eigenvalue weighted by atomic mass is 9.98. The molecule has 2 amide bonds. The van der Waals surface area contributed by atoms with Crippen molar-refractivity contribution in [2.24, 2.45) is 5.92 Å². The van der Waals surface area contributed by atoms with Crippen molar-refractivity contribution in [3.63, 3.8) is 0 Å². The molecule has 7 heteroatoms. The Morgan fingerprint density at radius 3 is 2.19 bits per heavy atom. The molecule has 1 fully saturated rings. The number of nitrogens with one attached hydrogen (secondary N) is 2. The Kier molecular flexibility index (Phi) is 6.17. The topological polar surface area (TPSA) is 105 Å². The van der Waals surface area contributed by atoms with Crippen molar-refractivity contribution in [2.45, 2.75) is 44.1 Å². The summed E-state index contributed by atoms with van der Waals surface area (Å²) in [6.45, 7) is 2.13. The van der Waals surface area contributed by atoms with Gasteiger partial charge in [-0.2, -0.15) is 0 Å². The second kappa shape index (κ2) is 9.02. The van der Waals surface area contributed by atoms with Crippen LogP contribution in [0.5, 0.6) is 0 Å². The summed E-state index contributed by atoms with van der Waals surface area (Å²) in [7, 11) is 0. The van der Waals surface area contributed by atoms with Gasteiger partial charge in [-0.3, -0.25) is 9.59 Å². The lowest BCUT2D eigenvalue weighted by Crippen LogP contribution is -2.50. The minimum absolute atomic E-state index is 0.0517. The quantitative estimate of drug-likeness (QED) is 0.556. The maximum Gasteiger partial charge on any atom is 0.408 e. The minimum Gasteiger partial charge on any atom is -0.481 e. The van der Waals surface area contributed by atoms with Crippen molar-refractivity contribution in [1.29, 1.82) is 0 Å². The number of carboxylic acids is 1. The van der Waals surface area contributed by atoms with E-state index in [0.29, 0.717) is 19.3 Å². The highest BCUT2D eigenvalue weighted by molar-refractivity contribution is 5.93. The van der Waals surface area contributed by atoms with Crippen LogP contribution in [0.4, 0.5) is 4.79 Å². The maximum atomic E-state index is 12.6. The summed E-state index contributed by atoms with van der Waals surface area (Å²) in [5.74, 6) is -1.97. The molecule has 1 saturated carbocycles.